The molecule has 0 aliphatic heterocycles. The molecule has 1 aliphatic rings. The Balaban J connectivity index is 2.23. The summed E-state index contributed by atoms with van der Waals surface area (Å²) in [5.41, 5.74) is 4.05. The molecule has 1 amide bonds. The molecule has 1 fully saturated rings. The van der Waals surface area contributed by atoms with Crippen LogP contribution in [0.15, 0.2) is 5.10 Å². The van der Waals surface area contributed by atoms with Crippen LogP contribution in [0.3, 0.4) is 0 Å². The fraction of sp³-hybridized carbons (Fsp3) is 0.778. The van der Waals surface area contributed by atoms with E-state index in [1.807, 2.05) is 6.26 Å². The molecule has 0 unspecified atom stereocenters. The lowest BCUT2D eigenvalue weighted by Gasteiger charge is -2.35. The second-order valence-electron chi connectivity index (χ2n) is 4.16. The summed E-state index contributed by atoms with van der Waals surface area (Å²) in [5.74, 6) is 0.477. The van der Waals surface area contributed by atoms with Gasteiger partial charge in [0.15, 0.2) is 0 Å². The molecule has 0 atom stereocenters. The number of nitrogens with zero attached hydrogens (tertiary/aromatic N) is 1. The standard InChI is InChI=1S/C9H16N2OS/c1-9(2)4-7(5-9)10-11-8(12)6-13-3/h4-6H2,1-3H3,(H,11,12). The van der Waals surface area contributed by atoms with Crippen molar-refractivity contribution in [2.75, 3.05) is 12.0 Å². The molecule has 4 heteroatoms. The van der Waals surface area contributed by atoms with Gasteiger partial charge < -0.3 is 0 Å². The molecular weight excluding hydrogens is 184 g/mol. The first-order valence-corrected chi connectivity index (χ1v) is 5.76. The van der Waals surface area contributed by atoms with Crippen LogP contribution in [0.4, 0.5) is 0 Å². The number of nitrogens with one attached hydrogen (secondary N) is 1. The van der Waals surface area contributed by atoms with Gasteiger partial charge in [0.05, 0.1) is 5.75 Å². The van der Waals surface area contributed by atoms with Gasteiger partial charge in [0.1, 0.15) is 0 Å². The van der Waals surface area contributed by atoms with Gasteiger partial charge in [-0.2, -0.15) is 16.9 Å². The van der Waals surface area contributed by atoms with Crippen molar-refractivity contribution >= 4 is 23.4 Å². The van der Waals surface area contributed by atoms with Crippen LogP contribution in [0.25, 0.3) is 0 Å². The average molecular weight is 200 g/mol. The molecule has 74 valence electrons. The van der Waals surface area contributed by atoms with Crippen molar-refractivity contribution in [2.24, 2.45) is 10.5 Å². The zero-order valence-corrected chi connectivity index (χ0v) is 9.20. The van der Waals surface area contributed by atoms with Crippen molar-refractivity contribution in [1.29, 1.82) is 0 Å². The Morgan fingerprint density at radius 2 is 2.23 bits per heavy atom. The predicted molar refractivity (Wildman–Crippen MR) is 57.0 cm³/mol. The zero-order chi connectivity index (χ0) is 9.90. The molecular formula is C9H16N2OS. The van der Waals surface area contributed by atoms with Gasteiger partial charge in [-0.15, -0.1) is 0 Å². The first-order valence-electron chi connectivity index (χ1n) is 4.37. The van der Waals surface area contributed by atoms with E-state index in [2.05, 4.69) is 24.4 Å². The smallest absolute Gasteiger partial charge is 0.250 e. The molecule has 0 spiro atoms. The number of thioether (sulfide) groups is 1. The highest BCUT2D eigenvalue weighted by molar-refractivity contribution is 7.99. The molecule has 3 nitrogen and oxygen atoms in total. The molecule has 0 aromatic heterocycles. The molecule has 0 radical (unpaired) electrons. The Hall–Kier alpha value is -0.510. The normalized spacial score (nSPS) is 19.2. The summed E-state index contributed by atoms with van der Waals surface area (Å²) in [6.45, 7) is 4.41. The predicted octanol–water partition coefficient (Wildman–Crippen LogP) is 1.64. The summed E-state index contributed by atoms with van der Waals surface area (Å²) in [5, 5.41) is 4.05. The third-order valence-electron chi connectivity index (χ3n) is 1.98. The molecule has 0 heterocycles. The second-order valence-corrected chi connectivity index (χ2v) is 5.03. The molecule has 0 bridgehead atoms. The molecule has 1 aliphatic carbocycles. The maximum Gasteiger partial charge on any atom is 0.250 e. The Kier molecular flexibility index (Phi) is 3.36. The number of carbonyl (C=O) groups is 1. The van der Waals surface area contributed by atoms with E-state index in [1.165, 1.54) is 11.8 Å². The van der Waals surface area contributed by atoms with Crippen LogP contribution in [-0.4, -0.2) is 23.6 Å². The van der Waals surface area contributed by atoms with Crippen LogP contribution in [0, 0.1) is 5.41 Å². The van der Waals surface area contributed by atoms with E-state index < -0.39 is 0 Å². The number of hydrogen-bond acceptors (Lipinski definition) is 3. The molecule has 1 N–H and O–H groups in total. The Labute approximate surface area is 83.4 Å². The lowest BCUT2D eigenvalue weighted by atomic mass is 9.71. The Bertz CT molecular complexity index is 226. The number of rotatable bonds is 3. The maximum atomic E-state index is 11.0. The molecule has 1 rings (SSSR count). The van der Waals surface area contributed by atoms with Crippen LogP contribution >= 0.6 is 11.8 Å². The minimum absolute atomic E-state index is 0.00953. The number of carbonyl (C=O) groups excluding carboxylic acids is 1. The van der Waals surface area contributed by atoms with E-state index in [4.69, 9.17) is 0 Å². The SMILES string of the molecule is CSCC(=O)NN=C1CC(C)(C)C1. The highest BCUT2D eigenvalue weighted by Gasteiger charge is 2.32. The van der Waals surface area contributed by atoms with Crippen molar-refractivity contribution in [2.45, 2.75) is 26.7 Å². The number of hydrazone groups is 1. The van der Waals surface area contributed by atoms with E-state index in [1.54, 1.807) is 0 Å². The van der Waals surface area contributed by atoms with E-state index in [-0.39, 0.29) is 5.91 Å². The van der Waals surface area contributed by atoms with Crippen molar-refractivity contribution < 1.29 is 4.79 Å². The summed E-state index contributed by atoms with van der Waals surface area (Å²) in [6, 6.07) is 0. The van der Waals surface area contributed by atoms with Crippen molar-refractivity contribution in [3.8, 4) is 0 Å². The van der Waals surface area contributed by atoms with Crippen molar-refractivity contribution in [3.63, 3.8) is 0 Å². The quantitative estimate of drug-likeness (QED) is 0.704. The van der Waals surface area contributed by atoms with Crippen LogP contribution < -0.4 is 5.43 Å². The van der Waals surface area contributed by atoms with E-state index in [0.717, 1.165) is 18.6 Å². The largest absolute Gasteiger partial charge is 0.272 e. The van der Waals surface area contributed by atoms with Crippen LogP contribution in [0.2, 0.25) is 0 Å². The molecule has 0 saturated heterocycles. The van der Waals surface area contributed by atoms with Crippen LogP contribution in [0.1, 0.15) is 26.7 Å². The topological polar surface area (TPSA) is 41.5 Å². The highest BCUT2D eigenvalue weighted by Crippen LogP contribution is 2.37. The minimum atomic E-state index is -0.00953. The van der Waals surface area contributed by atoms with Crippen LogP contribution in [0.5, 0.6) is 0 Å². The fourth-order valence-electron chi connectivity index (χ4n) is 1.44. The summed E-state index contributed by atoms with van der Waals surface area (Å²) in [7, 11) is 0. The van der Waals surface area contributed by atoms with E-state index in [0.29, 0.717) is 11.2 Å². The minimum Gasteiger partial charge on any atom is -0.272 e. The highest BCUT2D eigenvalue weighted by atomic mass is 32.2. The third-order valence-corrected chi connectivity index (χ3v) is 2.53. The Morgan fingerprint density at radius 1 is 1.62 bits per heavy atom. The van der Waals surface area contributed by atoms with Crippen LogP contribution in [-0.2, 0) is 4.79 Å². The molecule has 0 aromatic rings. The monoisotopic (exact) mass is 200 g/mol. The number of amides is 1. The summed E-state index contributed by atoms with van der Waals surface area (Å²) in [4.78, 5) is 11.0. The second kappa shape index (κ2) is 4.13. The van der Waals surface area contributed by atoms with Gasteiger partial charge in [0.25, 0.3) is 0 Å². The van der Waals surface area contributed by atoms with Gasteiger partial charge in [0.2, 0.25) is 5.91 Å². The van der Waals surface area contributed by atoms with Gasteiger partial charge in [-0.25, -0.2) is 5.43 Å². The van der Waals surface area contributed by atoms with Crippen molar-refractivity contribution in [3.05, 3.63) is 0 Å². The number of hydrogen-bond donors (Lipinski definition) is 1. The lowest BCUT2D eigenvalue weighted by molar-refractivity contribution is -0.118. The molecule has 13 heavy (non-hydrogen) atoms. The molecule has 1 saturated carbocycles. The van der Waals surface area contributed by atoms with Gasteiger partial charge in [0, 0.05) is 5.71 Å². The summed E-state index contributed by atoms with van der Waals surface area (Å²) in [6.07, 6.45) is 3.91. The van der Waals surface area contributed by atoms with Gasteiger partial charge in [-0.05, 0) is 24.5 Å². The fourth-order valence-corrected chi connectivity index (χ4v) is 1.76. The summed E-state index contributed by atoms with van der Waals surface area (Å²) < 4.78 is 0. The van der Waals surface area contributed by atoms with Gasteiger partial charge in [-0.3, -0.25) is 4.79 Å². The maximum absolute atomic E-state index is 11.0. The Morgan fingerprint density at radius 3 is 2.69 bits per heavy atom. The average Bonchev–Trinajstić information content (AvgIpc) is 1.97. The first kappa shape index (κ1) is 10.6. The van der Waals surface area contributed by atoms with Gasteiger partial charge >= 0.3 is 0 Å². The van der Waals surface area contributed by atoms with Gasteiger partial charge in [-0.1, -0.05) is 13.8 Å². The lowest BCUT2D eigenvalue weighted by Crippen LogP contribution is -2.34. The van der Waals surface area contributed by atoms with E-state index >= 15 is 0 Å². The summed E-state index contributed by atoms with van der Waals surface area (Å²) >= 11 is 1.51. The first-order chi connectivity index (χ1) is 6.03. The third kappa shape index (κ3) is 3.38. The molecule has 0 aromatic carbocycles. The van der Waals surface area contributed by atoms with E-state index in [9.17, 15) is 4.79 Å². The van der Waals surface area contributed by atoms with Crippen molar-refractivity contribution in [1.82, 2.24) is 5.43 Å². The zero-order valence-electron chi connectivity index (χ0n) is 8.39.